The summed E-state index contributed by atoms with van der Waals surface area (Å²) in [5.74, 6) is 0.773. The number of pyridine rings is 1. The van der Waals surface area contributed by atoms with E-state index in [4.69, 9.17) is 4.98 Å². The highest BCUT2D eigenvalue weighted by Gasteiger charge is 2.19. The first-order chi connectivity index (χ1) is 9.83. The normalized spacial score (nSPS) is 14.4. The maximum atomic E-state index is 4.75. The van der Waals surface area contributed by atoms with Crippen molar-refractivity contribution in [3.63, 3.8) is 0 Å². The standard InChI is InChI=1S/C15H14N4S/c1-9-13-11-4-6-17-8-12(11)20-15(13)19-14(18-9)10-3-2-5-16-7-10/h2-3,5,7,17H,4,6,8H2,1H3. The van der Waals surface area contributed by atoms with Gasteiger partial charge in [-0.15, -0.1) is 11.3 Å². The molecule has 1 N–H and O–H groups in total. The lowest BCUT2D eigenvalue weighted by molar-refractivity contribution is 0.657. The molecule has 4 heterocycles. The van der Waals surface area contributed by atoms with E-state index >= 15 is 0 Å². The minimum atomic E-state index is 0.773. The molecule has 100 valence electrons. The van der Waals surface area contributed by atoms with Gasteiger partial charge < -0.3 is 5.32 Å². The van der Waals surface area contributed by atoms with E-state index in [-0.39, 0.29) is 0 Å². The van der Waals surface area contributed by atoms with Crippen LogP contribution in [0.1, 0.15) is 16.1 Å². The Morgan fingerprint density at radius 2 is 2.25 bits per heavy atom. The Bertz CT molecular complexity index is 779. The molecule has 0 bridgehead atoms. The summed E-state index contributed by atoms with van der Waals surface area (Å²) < 4.78 is 0. The summed E-state index contributed by atoms with van der Waals surface area (Å²) in [4.78, 5) is 16.1. The van der Waals surface area contributed by atoms with Crippen LogP contribution in [0.4, 0.5) is 0 Å². The molecule has 0 aliphatic carbocycles. The van der Waals surface area contributed by atoms with E-state index < -0.39 is 0 Å². The summed E-state index contributed by atoms with van der Waals surface area (Å²) in [5, 5.41) is 4.68. The molecule has 0 saturated heterocycles. The summed E-state index contributed by atoms with van der Waals surface area (Å²) in [5.41, 5.74) is 3.49. The molecule has 3 aromatic heterocycles. The van der Waals surface area contributed by atoms with Gasteiger partial charge in [0.25, 0.3) is 0 Å². The Morgan fingerprint density at radius 1 is 1.30 bits per heavy atom. The lowest BCUT2D eigenvalue weighted by Gasteiger charge is -2.12. The van der Waals surface area contributed by atoms with Gasteiger partial charge in [0.15, 0.2) is 5.82 Å². The Hall–Kier alpha value is -1.85. The van der Waals surface area contributed by atoms with Crippen molar-refractivity contribution in [1.82, 2.24) is 20.3 Å². The molecular weight excluding hydrogens is 268 g/mol. The average molecular weight is 282 g/mol. The lowest BCUT2D eigenvalue weighted by atomic mass is 10.1. The highest BCUT2D eigenvalue weighted by Crippen LogP contribution is 2.34. The quantitative estimate of drug-likeness (QED) is 0.745. The van der Waals surface area contributed by atoms with Gasteiger partial charge in [-0.1, -0.05) is 0 Å². The Kier molecular flexibility index (Phi) is 2.75. The van der Waals surface area contributed by atoms with Crippen LogP contribution in [-0.4, -0.2) is 21.5 Å². The highest BCUT2D eigenvalue weighted by atomic mass is 32.1. The number of nitrogens with zero attached hydrogens (tertiary/aromatic N) is 3. The van der Waals surface area contributed by atoms with Crippen LogP contribution in [0.3, 0.4) is 0 Å². The first-order valence-corrected chi connectivity index (χ1v) is 7.54. The fourth-order valence-electron chi connectivity index (χ4n) is 2.73. The number of aryl methyl sites for hydroxylation is 1. The predicted molar refractivity (Wildman–Crippen MR) is 80.8 cm³/mol. The molecule has 0 radical (unpaired) electrons. The van der Waals surface area contributed by atoms with E-state index in [1.54, 1.807) is 17.5 Å². The van der Waals surface area contributed by atoms with E-state index in [0.29, 0.717) is 0 Å². The molecule has 20 heavy (non-hydrogen) atoms. The van der Waals surface area contributed by atoms with Gasteiger partial charge in [-0.3, -0.25) is 4.98 Å². The molecule has 4 nitrogen and oxygen atoms in total. The zero-order valence-electron chi connectivity index (χ0n) is 11.2. The zero-order chi connectivity index (χ0) is 13.5. The van der Waals surface area contributed by atoms with Crippen molar-refractivity contribution in [2.45, 2.75) is 19.9 Å². The monoisotopic (exact) mass is 282 g/mol. The molecule has 0 unspecified atom stereocenters. The summed E-state index contributed by atoms with van der Waals surface area (Å²) in [6, 6.07) is 3.92. The Morgan fingerprint density at radius 3 is 3.10 bits per heavy atom. The van der Waals surface area contributed by atoms with Gasteiger partial charge in [0, 0.05) is 34.8 Å². The Balaban J connectivity index is 1.95. The zero-order valence-corrected chi connectivity index (χ0v) is 12.0. The molecule has 1 aliphatic rings. The molecule has 0 atom stereocenters. The molecule has 0 spiro atoms. The number of hydrogen-bond donors (Lipinski definition) is 1. The maximum absolute atomic E-state index is 4.75. The lowest BCUT2D eigenvalue weighted by Crippen LogP contribution is -2.22. The highest BCUT2D eigenvalue weighted by molar-refractivity contribution is 7.18. The SMILES string of the molecule is Cc1nc(-c2cccnc2)nc2sc3c(c12)CCNC3. The fourth-order valence-corrected chi connectivity index (χ4v) is 3.97. The van der Waals surface area contributed by atoms with Crippen molar-refractivity contribution >= 4 is 21.6 Å². The van der Waals surface area contributed by atoms with Gasteiger partial charge in [-0.05, 0) is 37.6 Å². The molecule has 4 rings (SSSR count). The van der Waals surface area contributed by atoms with Crippen LogP contribution in [-0.2, 0) is 13.0 Å². The van der Waals surface area contributed by atoms with Crippen LogP contribution in [0.2, 0.25) is 0 Å². The van der Waals surface area contributed by atoms with Gasteiger partial charge in [0.2, 0.25) is 0 Å². The van der Waals surface area contributed by atoms with Crippen LogP contribution < -0.4 is 5.32 Å². The number of nitrogens with one attached hydrogen (secondary N) is 1. The molecule has 0 saturated carbocycles. The van der Waals surface area contributed by atoms with Gasteiger partial charge in [-0.25, -0.2) is 9.97 Å². The van der Waals surface area contributed by atoms with Crippen LogP contribution in [0, 0.1) is 6.92 Å². The van der Waals surface area contributed by atoms with Crippen LogP contribution >= 0.6 is 11.3 Å². The number of fused-ring (bicyclic) bond motifs is 3. The fraction of sp³-hybridized carbons (Fsp3) is 0.267. The molecule has 5 heteroatoms. The van der Waals surface area contributed by atoms with Crippen LogP contribution in [0.5, 0.6) is 0 Å². The topological polar surface area (TPSA) is 50.7 Å². The average Bonchev–Trinajstić information content (AvgIpc) is 2.87. The van der Waals surface area contributed by atoms with Gasteiger partial charge in [-0.2, -0.15) is 0 Å². The van der Waals surface area contributed by atoms with Gasteiger partial charge in [0.05, 0.1) is 5.69 Å². The third kappa shape index (κ3) is 1.82. The smallest absolute Gasteiger partial charge is 0.162 e. The molecule has 0 fully saturated rings. The van der Waals surface area contributed by atoms with Gasteiger partial charge >= 0.3 is 0 Å². The van der Waals surface area contributed by atoms with E-state index in [0.717, 1.165) is 41.4 Å². The van der Waals surface area contributed by atoms with Crippen LogP contribution in [0.25, 0.3) is 21.6 Å². The maximum Gasteiger partial charge on any atom is 0.162 e. The predicted octanol–water partition coefficient (Wildman–Crippen LogP) is 2.71. The molecular formula is C15H14N4S. The van der Waals surface area contributed by atoms with E-state index in [9.17, 15) is 0 Å². The second-order valence-corrected chi connectivity index (χ2v) is 6.07. The molecule has 1 aliphatic heterocycles. The van der Waals surface area contributed by atoms with Crippen molar-refractivity contribution in [1.29, 1.82) is 0 Å². The summed E-state index contributed by atoms with van der Waals surface area (Å²) in [6.45, 7) is 4.08. The molecule has 0 aromatic carbocycles. The first kappa shape index (κ1) is 11.9. The number of aromatic nitrogens is 3. The van der Waals surface area contributed by atoms with Crippen LogP contribution in [0.15, 0.2) is 24.5 Å². The minimum Gasteiger partial charge on any atom is -0.312 e. The third-order valence-corrected chi connectivity index (χ3v) is 4.80. The largest absolute Gasteiger partial charge is 0.312 e. The van der Waals surface area contributed by atoms with Gasteiger partial charge in [0.1, 0.15) is 4.83 Å². The number of thiophene rings is 1. The summed E-state index contributed by atoms with van der Waals surface area (Å²) >= 11 is 1.79. The van der Waals surface area contributed by atoms with E-state index in [1.165, 1.54) is 15.8 Å². The van der Waals surface area contributed by atoms with Crippen molar-refractivity contribution in [3.05, 3.63) is 40.7 Å². The summed E-state index contributed by atoms with van der Waals surface area (Å²) in [6.07, 6.45) is 4.66. The third-order valence-electron chi connectivity index (χ3n) is 3.67. The Labute approximate surface area is 120 Å². The van der Waals surface area contributed by atoms with E-state index in [1.807, 2.05) is 18.3 Å². The van der Waals surface area contributed by atoms with Crippen molar-refractivity contribution in [3.8, 4) is 11.4 Å². The second kappa shape index (κ2) is 4.61. The number of hydrogen-bond acceptors (Lipinski definition) is 5. The molecule has 3 aromatic rings. The molecule has 0 amide bonds. The number of rotatable bonds is 1. The van der Waals surface area contributed by atoms with Crippen molar-refractivity contribution < 1.29 is 0 Å². The van der Waals surface area contributed by atoms with E-state index in [2.05, 4.69) is 22.2 Å². The van der Waals surface area contributed by atoms with Crippen molar-refractivity contribution in [2.24, 2.45) is 0 Å². The second-order valence-electron chi connectivity index (χ2n) is 4.99. The minimum absolute atomic E-state index is 0.773. The first-order valence-electron chi connectivity index (χ1n) is 6.73. The summed E-state index contributed by atoms with van der Waals surface area (Å²) in [7, 11) is 0. The van der Waals surface area contributed by atoms with Crippen molar-refractivity contribution in [2.75, 3.05) is 6.54 Å².